The first-order valence-electron chi connectivity index (χ1n) is 3.86. The summed E-state index contributed by atoms with van der Waals surface area (Å²) in [5.74, 6) is 0. The van der Waals surface area contributed by atoms with E-state index in [0.29, 0.717) is 0 Å². The highest BCUT2D eigenvalue weighted by Gasteiger charge is 1.96. The third-order valence-corrected chi connectivity index (χ3v) is 2.60. The minimum absolute atomic E-state index is 0.886. The van der Waals surface area contributed by atoms with Crippen LogP contribution in [0, 0.1) is 6.92 Å². The van der Waals surface area contributed by atoms with Crippen molar-refractivity contribution in [1.29, 1.82) is 0 Å². The summed E-state index contributed by atoms with van der Waals surface area (Å²) in [6.07, 6.45) is 3.78. The predicted molar refractivity (Wildman–Crippen MR) is 50.4 cm³/mol. The Balaban J connectivity index is 2.14. The fraction of sp³-hybridized carbons (Fsp3) is 0.222. The summed E-state index contributed by atoms with van der Waals surface area (Å²) in [5.41, 5.74) is 1.33. The van der Waals surface area contributed by atoms with E-state index in [1.165, 1.54) is 10.4 Å². The highest BCUT2D eigenvalue weighted by Crippen LogP contribution is 2.13. The topological polar surface area (TPSA) is 17.8 Å². The van der Waals surface area contributed by atoms with Crippen molar-refractivity contribution in [1.82, 2.24) is 9.78 Å². The Hall–Kier alpha value is -1.09. The summed E-state index contributed by atoms with van der Waals surface area (Å²) in [7, 11) is 0. The van der Waals surface area contributed by atoms with Gasteiger partial charge in [-0.3, -0.25) is 4.68 Å². The molecule has 0 unspecified atom stereocenters. The molecule has 2 heterocycles. The standard InChI is InChI=1S/C9H10N2S/c1-8-5-9(7-12-8)6-11-4-2-3-10-11/h2-5,7H,6H2,1H3. The molecule has 2 rings (SSSR count). The second-order valence-corrected chi connectivity index (χ2v) is 3.88. The Kier molecular flexibility index (Phi) is 1.96. The average Bonchev–Trinajstić information content (AvgIpc) is 2.63. The fourth-order valence-electron chi connectivity index (χ4n) is 1.16. The summed E-state index contributed by atoms with van der Waals surface area (Å²) in [6, 6.07) is 4.14. The van der Waals surface area contributed by atoms with Crippen molar-refractivity contribution in [2.24, 2.45) is 0 Å². The monoisotopic (exact) mass is 178 g/mol. The van der Waals surface area contributed by atoms with Crippen LogP contribution in [0.1, 0.15) is 10.4 Å². The third-order valence-electron chi connectivity index (χ3n) is 1.69. The highest BCUT2D eigenvalue weighted by molar-refractivity contribution is 7.10. The molecule has 12 heavy (non-hydrogen) atoms. The number of hydrogen-bond donors (Lipinski definition) is 0. The van der Waals surface area contributed by atoms with Crippen LogP contribution >= 0.6 is 11.3 Å². The largest absolute Gasteiger partial charge is 0.268 e. The molecule has 0 radical (unpaired) electrons. The van der Waals surface area contributed by atoms with E-state index in [-0.39, 0.29) is 0 Å². The number of aryl methyl sites for hydroxylation is 1. The molecule has 0 aromatic carbocycles. The van der Waals surface area contributed by atoms with Gasteiger partial charge in [-0.1, -0.05) is 0 Å². The van der Waals surface area contributed by atoms with E-state index in [1.807, 2.05) is 16.9 Å². The summed E-state index contributed by atoms with van der Waals surface area (Å²) < 4.78 is 1.93. The van der Waals surface area contributed by atoms with Gasteiger partial charge in [0.15, 0.2) is 0 Å². The lowest BCUT2D eigenvalue weighted by atomic mass is 10.3. The normalized spacial score (nSPS) is 10.4. The van der Waals surface area contributed by atoms with Crippen molar-refractivity contribution >= 4 is 11.3 Å². The Bertz CT molecular complexity index is 348. The van der Waals surface area contributed by atoms with Crippen molar-refractivity contribution in [2.75, 3.05) is 0 Å². The molecule has 62 valence electrons. The Labute approximate surface area is 75.5 Å². The lowest BCUT2D eigenvalue weighted by Crippen LogP contribution is -1.97. The van der Waals surface area contributed by atoms with Gasteiger partial charge in [0.2, 0.25) is 0 Å². The minimum atomic E-state index is 0.886. The zero-order valence-corrected chi connectivity index (χ0v) is 7.71. The first kappa shape index (κ1) is 7.55. The van der Waals surface area contributed by atoms with Gasteiger partial charge >= 0.3 is 0 Å². The molecule has 2 aromatic rings. The first-order valence-corrected chi connectivity index (χ1v) is 4.74. The van der Waals surface area contributed by atoms with E-state index in [2.05, 4.69) is 23.5 Å². The number of hydrogen-bond acceptors (Lipinski definition) is 2. The van der Waals surface area contributed by atoms with E-state index in [1.54, 1.807) is 17.5 Å². The molecule has 0 N–H and O–H groups in total. The van der Waals surface area contributed by atoms with Crippen LogP contribution in [-0.2, 0) is 6.54 Å². The molecule has 0 aliphatic carbocycles. The predicted octanol–water partition coefficient (Wildman–Crippen LogP) is 2.30. The van der Waals surface area contributed by atoms with Crippen LogP contribution < -0.4 is 0 Å². The van der Waals surface area contributed by atoms with Crippen molar-refractivity contribution in [3.05, 3.63) is 40.3 Å². The Morgan fingerprint density at radius 3 is 3.08 bits per heavy atom. The van der Waals surface area contributed by atoms with Gasteiger partial charge in [-0.25, -0.2) is 0 Å². The SMILES string of the molecule is Cc1cc(Cn2cccn2)cs1. The maximum Gasteiger partial charge on any atom is 0.0667 e. The van der Waals surface area contributed by atoms with Crippen LogP contribution in [0.25, 0.3) is 0 Å². The molecule has 0 saturated carbocycles. The lowest BCUT2D eigenvalue weighted by Gasteiger charge is -1.96. The summed E-state index contributed by atoms with van der Waals surface area (Å²) in [6.45, 7) is 3.01. The Morgan fingerprint density at radius 1 is 1.58 bits per heavy atom. The fourth-order valence-corrected chi connectivity index (χ4v) is 1.86. The molecule has 0 aliphatic heterocycles. The molecule has 2 nitrogen and oxygen atoms in total. The molecular weight excluding hydrogens is 168 g/mol. The number of rotatable bonds is 2. The Morgan fingerprint density at radius 2 is 2.50 bits per heavy atom. The van der Waals surface area contributed by atoms with Crippen molar-refractivity contribution in [3.8, 4) is 0 Å². The molecule has 0 spiro atoms. The van der Waals surface area contributed by atoms with Gasteiger partial charge in [-0.2, -0.15) is 5.10 Å². The second-order valence-electron chi connectivity index (χ2n) is 2.77. The second kappa shape index (κ2) is 3.11. The van der Waals surface area contributed by atoms with Crippen LogP contribution in [0.15, 0.2) is 29.9 Å². The van der Waals surface area contributed by atoms with Gasteiger partial charge in [0, 0.05) is 17.3 Å². The summed E-state index contributed by atoms with van der Waals surface area (Å²) in [4.78, 5) is 1.36. The first-order chi connectivity index (χ1) is 5.84. The van der Waals surface area contributed by atoms with Crippen LogP contribution in [-0.4, -0.2) is 9.78 Å². The van der Waals surface area contributed by atoms with E-state index in [0.717, 1.165) is 6.54 Å². The maximum absolute atomic E-state index is 4.14. The van der Waals surface area contributed by atoms with E-state index < -0.39 is 0 Å². The van der Waals surface area contributed by atoms with Gasteiger partial charge in [-0.05, 0) is 30.0 Å². The number of nitrogens with zero attached hydrogens (tertiary/aromatic N) is 2. The zero-order chi connectivity index (χ0) is 8.39. The molecule has 0 aliphatic rings. The molecule has 3 heteroatoms. The maximum atomic E-state index is 4.14. The van der Waals surface area contributed by atoms with E-state index in [9.17, 15) is 0 Å². The molecule has 2 aromatic heterocycles. The highest BCUT2D eigenvalue weighted by atomic mass is 32.1. The van der Waals surface area contributed by atoms with Crippen LogP contribution in [0.2, 0.25) is 0 Å². The van der Waals surface area contributed by atoms with Gasteiger partial charge in [-0.15, -0.1) is 11.3 Å². The summed E-state index contributed by atoms with van der Waals surface area (Å²) in [5, 5.41) is 6.32. The number of aromatic nitrogens is 2. The van der Waals surface area contributed by atoms with Gasteiger partial charge < -0.3 is 0 Å². The quantitative estimate of drug-likeness (QED) is 0.690. The molecule has 0 amide bonds. The van der Waals surface area contributed by atoms with Gasteiger partial charge in [0.1, 0.15) is 0 Å². The van der Waals surface area contributed by atoms with Gasteiger partial charge in [0.25, 0.3) is 0 Å². The number of thiophene rings is 1. The molecule has 0 bridgehead atoms. The van der Waals surface area contributed by atoms with Crippen molar-refractivity contribution in [3.63, 3.8) is 0 Å². The van der Waals surface area contributed by atoms with Crippen LogP contribution in [0.5, 0.6) is 0 Å². The van der Waals surface area contributed by atoms with Gasteiger partial charge in [0.05, 0.1) is 6.54 Å². The van der Waals surface area contributed by atoms with E-state index >= 15 is 0 Å². The van der Waals surface area contributed by atoms with Crippen LogP contribution in [0.4, 0.5) is 0 Å². The molecule has 0 saturated heterocycles. The summed E-state index contributed by atoms with van der Waals surface area (Å²) >= 11 is 1.79. The average molecular weight is 178 g/mol. The molecular formula is C9H10N2S. The lowest BCUT2D eigenvalue weighted by molar-refractivity contribution is 0.688. The third kappa shape index (κ3) is 1.56. The van der Waals surface area contributed by atoms with Crippen molar-refractivity contribution in [2.45, 2.75) is 13.5 Å². The molecule has 0 fully saturated rings. The van der Waals surface area contributed by atoms with Crippen molar-refractivity contribution < 1.29 is 0 Å². The van der Waals surface area contributed by atoms with Crippen LogP contribution in [0.3, 0.4) is 0 Å². The minimum Gasteiger partial charge on any atom is -0.268 e. The van der Waals surface area contributed by atoms with E-state index in [4.69, 9.17) is 0 Å². The smallest absolute Gasteiger partial charge is 0.0667 e. The zero-order valence-electron chi connectivity index (χ0n) is 6.90. The molecule has 0 atom stereocenters.